The summed E-state index contributed by atoms with van der Waals surface area (Å²) in [6, 6.07) is 4.63. The summed E-state index contributed by atoms with van der Waals surface area (Å²) < 4.78 is 5.38. The van der Waals surface area contributed by atoms with Crippen LogP contribution in [0.3, 0.4) is 0 Å². The van der Waals surface area contributed by atoms with Crippen molar-refractivity contribution in [2.75, 3.05) is 6.61 Å². The number of benzene rings is 1. The highest BCUT2D eigenvalue weighted by atomic mass is 16.5. The minimum Gasteiger partial charge on any atom is -0.548 e. The Kier molecular flexibility index (Phi) is 4.71. The van der Waals surface area contributed by atoms with Crippen LogP contribution in [0.4, 0.5) is 0 Å². The first kappa shape index (κ1) is 14.0. The number of para-hydroxylation sites is 1. The zero-order chi connectivity index (χ0) is 13.7. The van der Waals surface area contributed by atoms with E-state index in [1.54, 1.807) is 0 Å². The molecular formula is C13H16NO4-. The van der Waals surface area contributed by atoms with E-state index in [4.69, 9.17) is 4.74 Å². The number of aryl methyl sites for hydroxylation is 2. The van der Waals surface area contributed by atoms with E-state index in [2.05, 4.69) is 5.32 Å². The molecule has 18 heavy (non-hydrogen) atoms. The van der Waals surface area contributed by atoms with E-state index in [0.29, 0.717) is 5.75 Å². The van der Waals surface area contributed by atoms with Gasteiger partial charge in [-0.05, 0) is 31.9 Å². The van der Waals surface area contributed by atoms with Crippen LogP contribution in [-0.4, -0.2) is 24.5 Å². The molecule has 0 saturated carbocycles. The van der Waals surface area contributed by atoms with Gasteiger partial charge in [-0.25, -0.2) is 0 Å². The van der Waals surface area contributed by atoms with Crippen LogP contribution in [-0.2, 0) is 9.59 Å². The number of hydrogen-bond donors (Lipinski definition) is 1. The Bertz CT molecular complexity index is 436. The molecule has 98 valence electrons. The molecule has 0 bridgehead atoms. The van der Waals surface area contributed by atoms with Crippen molar-refractivity contribution in [3.05, 3.63) is 29.3 Å². The van der Waals surface area contributed by atoms with Gasteiger partial charge in [0, 0.05) is 0 Å². The molecule has 0 aliphatic rings. The number of nitrogens with one attached hydrogen (secondary N) is 1. The summed E-state index contributed by atoms with van der Waals surface area (Å²) in [6.45, 7) is 4.88. The largest absolute Gasteiger partial charge is 0.548 e. The van der Waals surface area contributed by atoms with Gasteiger partial charge in [-0.2, -0.15) is 0 Å². The molecule has 0 aliphatic heterocycles. The van der Waals surface area contributed by atoms with Crippen molar-refractivity contribution < 1.29 is 19.4 Å². The second-order valence-corrected chi connectivity index (χ2v) is 4.12. The maximum atomic E-state index is 11.4. The maximum Gasteiger partial charge on any atom is 0.258 e. The zero-order valence-corrected chi connectivity index (χ0v) is 10.6. The van der Waals surface area contributed by atoms with Gasteiger partial charge >= 0.3 is 0 Å². The molecule has 0 saturated heterocycles. The minimum atomic E-state index is -1.32. The molecule has 1 aromatic carbocycles. The second kappa shape index (κ2) is 6.05. The van der Waals surface area contributed by atoms with Gasteiger partial charge in [0.05, 0.1) is 12.0 Å². The van der Waals surface area contributed by atoms with E-state index in [1.807, 2.05) is 32.0 Å². The van der Waals surface area contributed by atoms with Crippen molar-refractivity contribution in [1.29, 1.82) is 0 Å². The second-order valence-electron chi connectivity index (χ2n) is 4.12. The van der Waals surface area contributed by atoms with Crippen LogP contribution in [0.2, 0.25) is 0 Å². The standard InChI is InChI=1S/C13H17NO4/c1-8-5-4-6-9(2)12(8)18-7-11(15)14-10(3)13(16)17/h4-6,10H,7H2,1-3H3,(H,14,15)(H,16,17)/p-1/t10-/m0/s1. The number of carboxylic acid groups (broad SMARTS) is 1. The zero-order valence-electron chi connectivity index (χ0n) is 10.6. The van der Waals surface area contributed by atoms with E-state index >= 15 is 0 Å². The SMILES string of the molecule is Cc1cccc(C)c1OCC(=O)N[C@@H](C)C(=O)[O-]. The fourth-order valence-electron chi connectivity index (χ4n) is 1.51. The minimum absolute atomic E-state index is 0.219. The predicted molar refractivity (Wildman–Crippen MR) is 64.0 cm³/mol. The van der Waals surface area contributed by atoms with Crippen molar-refractivity contribution in [3.8, 4) is 5.75 Å². The van der Waals surface area contributed by atoms with Gasteiger partial charge in [-0.1, -0.05) is 18.2 Å². The van der Waals surface area contributed by atoms with Gasteiger partial charge in [0.15, 0.2) is 6.61 Å². The number of carboxylic acids is 1. The maximum absolute atomic E-state index is 11.4. The first-order valence-electron chi connectivity index (χ1n) is 5.61. The molecule has 1 amide bonds. The van der Waals surface area contributed by atoms with E-state index in [1.165, 1.54) is 6.92 Å². The van der Waals surface area contributed by atoms with E-state index in [9.17, 15) is 14.7 Å². The molecule has 0 radical (unpaired) electrons. The summed E-state index contributed by atoms with van der Waals surface area (Å²) in [5.41, 5.74) is 1.85. The molecule has 1 N–H and O–H groups in total. The Labute approximate surface area is 106 Å². The average molecular weight is 250 g/mol. The van der Waals surface area contributed by atoms with Gasteiger partial charge in [0.25, 0.3) is 5.91 Å². The number of aliphatic carboxylic acids is 1. The highest BCUT2D eigenvalue weighted by Gasteiger charge is 2.10. The Morgan fingerprint density at radius 3 is 2.39 bits per heavy atom. The highest BCUT2D eigenvalue weighted by molar-refractivity contribution is 5.83. The van der Waals surface area contributed by atoms with Gasteiger partial charge < -0.3 is 20.0 Å². The van der Waals surface area contributed by atoms with Gasteiger partial charge in [0.1, 0.15) is 5.75 Å². The van der Waals surface area contributed by atoms with Crippen LogP contribution in [0, 0.1) is 13.8 Å². The normalized spacial score (nSPS) is 11.7. The molecule has 5 nitrogen and oxygen atoms in total. The molecule has 0 heterocycles. The monoisotopic (exact) mass is 250 g/mol. The number of hydrogen-bond acceptors (Lipinski definition) is 4. The van der Waals surface area contributed by atoms with Gasteiger partial charge in [0.2, 0.25) is 0 Å². The van der Waals surface area contributed by atoms with Crippen LogP contribution in [0.5, 0.6) is 5.75 Å². The third-order valence-corrected chi connectivity index (χ3v) is 2.49. The van der Waals surface area contributed by atoms with Crippen molar-refractivity contribution >= 4 is 11.9 Å². The summed E-state index contributed by atoms with van der Waals surface area (Å²) in [4.78, 5) is 21.9. The van der Waals surface area contributed by atoms with Gasteiger partial charge in [-0.3, -0.25) is 4.79 Å². The summed E-state index contributed by atoms with van der Waals surface area (Å²) in [6.07, 6.45) is 0. The quantitative estimate of drug-likeness (QED) is 0.794. The van der Waals surface area contributed by atoms with Gasteiger partial charge in [-0.15, -0.1) is 0 Å². The summed E-state index contributed by atoms with van der Waals surface area (Å²) in [5, 5.41) is 12.7. The molecular weight excluding hydrogens is 234 g/mol. The Balaban J connectivity index is 2.55. The van der Waals surface area contributed by atoms with Crippen LogP contribution in [0.25, 0.3) is 0 Å². The summed E-state index contributed by atoms with van der Waals surface area (Å²) in [5.74, 6) is -1.17. The lowest BCUT2D eigenvalue weighted by Gasteiger charge is -2.16. The predicted octanol–water partition coefficient (Wildman–Crippen LogP) is -0.0632. The molecule has 5 heteroatoms. The first-order valence-corrected chi connectivity index (χ1v) is 5.61. The van der Waals surface area contributed by atoms with Crippen molar-refractivity contribution in [2.24, 2.45) is 0 Å². The summed E-state index contributed by atoms with van der Waals surface area (Å²) >= 11 is 0. The lowest BCUT2D eigenvalue weighted by Crippen LogP contribution is -2.47. The molecule has 0 unspecified atom stereocenters. The first-order chi connectivity index (χ1) is 8.41. The number of amides is 1. The highest BCUT2D eigenvalue weighted by Crippen LogP contribution is 2.21. The Morgan fingerprint density at radius 2 is 1.89 bits per heavy atom. The number of ether oxygens (including phenoxy) is 1. The molecule has 0 aromatic heterocycles. The van der Waals surface area contributed by atoms with E-state index < -0.39 is 17.9 Å². The van der Waals surface area contributed by atoms with Crippen molar-refractivity contribution in [3.63, 3.8) is 0 Å². The molecule has 0 fully saturated rings. The molecule has 1 atom stereocenters. The number of carbonyl (C=O) groups is 2. The fourth-order valence-corrected chi connectivity index (χ4v) is 1.51. The van der Waals surface area contributed by atoms with Crippen LogP contribution in [0.1, 0.15) is 18.1 Å². The van der Waals surface area contributed by atoms with E-state index in [-0.39, 0.29) is 6.61 Å². The molecule has 1 rings (SSSR count). The average Bonchev–Trinajstić information content (AvgIpc) is 2.28. The van der Waals surface area contributed by atoms with Crippen LogP contribution in [0.15, 0.2) is 18.2 Å². The van der Waals surface area contributed by atoms with Crippen molar-refractivity contribution in [2.45, 2.75) is 26.8 Å². The van der Waals surface area contributed by atoms with E-state index in [0.717, 1.165) is 11.1 Å². The van der Waals surface area contributed by atoms with Crippen LogP contribution >= 0.6 is 0 Å². The van der Waals surface area contributed by atoms with Crippen molar-refractivity contribution in [1.82, 2.24) is 5.32 Å². The Morgan fingerprint density at radius 1 is 1.33 bits per heavy atom. The molecule has 0 aliphatic carbocycles. The third-order valence-electron chi connectivity index (χ3n) is 2.49. The third kappa shape index (κ3) is 3.76. The van der Waals surface area contributed by atoms with Crippen LogP contribution < -0.4 is 15.2 Å². The lowest BCUT2D eigenvalue weighted by molar-refractivity contribution is -0.307. The Hall–Kier alpha value is -2.04. The molecule has 0 spiro atoms. The topological polar surface area (TPSA) is 78.5 Å². The lowest BCUT2D eigenvalue weighted by atomic mass is 10.1. The fraction of sp³-hybridized carbons (Fsp3) is 0.385. The molecule has 1 aromatic rings. The number of carbonyl (C=O) groups excluding carboxylic acids is 2. The number of rotatable bonds is 5. The smallest absolute Gasteiger partial charge is 0.258 e. The summed E-state index contributed by atoms with van der Waals surface area (Å²) in [7, 11) is 0.